The monoisotopic (exact) mass is 483 g/mol. The van der Waals surface area contributed by atoms with Crippen molar-refractivity contribution < 1.29 is 18.9 Å². The van der Waals surface area contributed by atoms with Crippen LogP contribution in [0, 0.1) is 0 Å². The summed E-state index contributed by atoms with van der Waals surface area (Å²) in [6, 6.07) is 5.76. The van der Waals surface area contributed by atoms with E-state index in [2.05, 4.69) is 36.1 Å². The zero-order chi connectivity index (χ0) is 24.8. The number of methoxy groups -OCH3 is 2. The van der Waals surface area contributed by atoms with Crippen LogP contribution in [0.3, 0.4) is 0 Å². The van der Waals surface area contributed by atoms with E-state index in [9.17, 15) is 4.79 Å². The summed E-state index contributed by atoms with van der Waals surface area (Å²) >= 11 is 0. The molecular weight excluding hydrogens is 454 g/mol. The molecule has 3 N–H and O–H groups in total. The summed E-state index contributed by atoms with van der Waals surface area (Å²) in [6.45, 7) is 0.403. The van der Waals surface area contributed by atoms with Gasteiger partial charge >= 0.3 is 0 Å². The number of nitrogens with one attached hydrogen (secondary N) is 1. The smallest absolute Gasteiger partial charge is 0.293 e. The Morgan fingerprint density at radius 2 is 2.09 bits per heavy atom. The minimum Gasteiger partial charge on any atom is -0.493 e. The summed E-state index contributed by atoms with van der Waals surface area (Å²) in [5.41, 5.74) is 9.63. The standard InChI is InChI=1S/C22H29N9O4/c1-30(15-9-5-4-6-10-15)13-16-18(25-29-31(16)21-20(23)27-35-28-21)22(32)26-24-12-14-8-7-11-17(33-2)19(14)34-3/h7-8,11-12,15H,4-6,9-10,13H2,1-3H3,(H2,23,27)(H,26,32)/b24-12+. The van der Waals surface area contributed by atoms with Crippen LogP contribution < -0.4 is 20.6 Å². The number of aromatic nitrogens is 5. The maximum atomic E-state index is 13.1. The van der Waals surface area contributed by atoms with Crippen LogP contribution >= 0.6 is 0 Å². The lowest BCUT2D eigenvalue weighted by atomic mass is 9.94. The van der Waals surface area contributed by atoms with Crippen LogP contribution in [-0.4, -0.2) is 69.6 Å². The van der Waals surface area contributed by atoms with Crippen LogP contribution in [0.15, 0.2) is 27.9 Å². The first kappa shape index (κ1) is 24.1. The lowest BCUT2D eigenvalue weighted by molar-refractivity contribution is 0.0947. The Morgan fingerprint density at radius 1 is 1.29 bits per heavy atom. The van der Waals surface area contributed by atoms with Crippen LogP contribution in [-0.2, 0) is 6.54 Å². The van der Waals surface area contributed by atoms with Crippen molar-refractivity contribution in [2.45, 2.75) is 44.7 Å². The molecule has 0 aliphatic heterocycles. The second-order valence-electron chi connectivity index (χ2n) is 8.26. The minimum absolute atomic E-state index is 0.0477. The van der Waals surface area contributed by atoms with Gasteiger partial charge in [0.25, 0.3) is 5.91 Å². The first-order chi connectivity index (χ1) is 17.0. The number of para-hydroxylation sites is 1. The number of benzene rings is 1. The Morgan fingerprint density at radius 3 is 2.77 bits per heavy atom. The molecule has 1 amide bonds. The highest BCUT2D eigenvalue weighted by Gasteiger charge is 2.27. The van der Waals surface area contributed by atoms with Gasteiger partial charge in [-0.05, 0) is 42.3 Å². The third-order valence-electron chi connectivity index (χ3n) is 6.07. The van der Waals surface area contributed by atoms with Crippen LogP contribution in [0.4, 0.5) is 5.82 Å². The second-order valence-corrected chi connectivity index (χ2v) is 8.26. The van der Waals surface area contributed by atoms with E-state index in [0.717, 1.165) is 12.8 Å². The van der Waals surface area contributed by atoms with Gasteiger partial charge in [-0.15, -0.1) is 5.10 Å². The van der Waals surface area contributed by atoms with Crippen molar-refractivity contribution in [3.63, 3.8) is 0 Å². The topological polar surface area (TPSA) is 159 Å². The van der Waals surface area contributed by atoms with Gasteiger partial charge < -0.3 is 15.2 Å². The summed E-state index contributed by atoms with van der Waals surface area (Å²) < 4.78 is 16.8. The molecule has 0 saturated heterocycles. The maximum absolute atomic E-state index is 13.1. The zero-order valence-corrected chi connectivity index (χ0v) is 20.0. The molecule has 0 atom stereocenters. The van der Waals surface area contributed by atoms with E-state index in [4.69, 9.17) is 19.8 Å². The first-order valence-electron chi connectivity index (χ1n) is 11.3. The van der Waals surface area contributed by atoms with Crippen molar-refractivity contribution in [3.8, 4) is 17.3 Å². The van der Waals surface area contributed by atoms with E-state index < -0.39 is 5.91 Å². The fourth-order valence-corrected chi connectivity index (χ4v) is 4.24. The fourth-order valence-electron chi connectivity index (χ4n) is 4.24. The average Bonchev–Trinajstić information content (AvgIpc) is 3.49. The maximum Gasteiger partial charge on any atom is 0.293 e. The Kier molecular flexibility index (Phi) is 7.55. The molecule has 0 unspecified atom stereocenters. The molecule has 1 fully saturated rings. The number of hydrogen-bond acceptors (Lipinski definition) is 11. The number of anilines is 1. The number of carbonyl (C=O) groups excluding carboxylic acids is 1. The number of amides is 1. The number of carbonyl (C=O) groups is 1. The first-order valence-corrected chi connectivity index (χ1v) is 11.3. The SMILES string of the molecule is COc1cccc(/C=N/NC(=O)c2nnn(-c3nonc3N)c2CN(C)C2CCCCC2)c1OC. The van der Waals surface area contributed by atoms with E-state index in [0.29, 0.717) is 35.3 Å². The molecule has 13 nitrogen and oxygen atoms in total. The van der Waals surface area contributed by atoms with Gasteiger partial charge in [-0.1, -0.05) is 30.5 Å². The average molecular weight is 484 g/mol. The number of rotatable bonds is 9. The van der Waals surface area contributed by atoms with Gasteiger partial charge in [-0.3, -0.25) is 9.69 Å². The predicted molar refractivity (Wildman–Crippen MR) is 127 cm³/mol. The van der Waals surface area contributed by atoms with E-state index in [-0.39, 0.29) is 17.3 Å². The molecule has 13 heteroatoms. The lowest BCUT2D eigenvalue weighted by Gasteiger charge is -2.31. The van der Waals surface area contributed by atoms with E-state index in [1.165, 1.54) is 37.3 Å². The highest BCUT2D eigenvalue weighted by molar-refractivity contribution is 5.94. The van der Waals surface area contributed by atoms with Crippen molar-refractivity contribution in [3.05, 3.63) is 35.2 Å². The molecule has 1 aliphatic rings. The molecule has 4 rings (SSSR count). The number of nitrogen functional groups attached to an aromatic ring is 1. The summed E-state index contributed by atoms with van der Waals surface area (Å²) in [4.78, 5) is 15.2. The van der Waals surface area contributed by atoms with Crippen molar-refractivity contribution in [2.75, 3.05) is 27.0 Å². The van der Waals surface area contributed by atoms with Crippen LogP contribution in [0.1, 0.15) is 53.8 Å². The highest BCUT2D eigenvalue weighted by atomic mass is 16.6. The molecule has 0 radical (unpaired) electrons. The normalized spacial score (nSPS) is 14.5. The highest BCUT2D eigenvalue weighted by Crippen LogP contribution is 2.29. The Balaban J connectivity index is 1.58. The number of ether oxygens (including phenoxy) is 2. The second kappa shape index (κ2) is 11.0. The quantitative estimate of drug-likeness (QED) is 0.339. The summed E-state index contributed by atoms with van der Waals surface area (Å²) in [6.07, 6.45) is 7.27. The molecule has 35 heavy (non-hydrogen) atoms. The molecule has 186 valence electrons. The van der Waals surface area contributed by atoms with Gasteiger partial charge in [0.15, 0.2) is 17.2 Å². The van der Waals surface area contributed by atoms with Crippen LogP contribution in [0.2, 0.25) is 0 Å². The van der Waals surface area contributed by atoms with Crippen molar-refractivity contribution >= 4 is 17.9 Å². The molecule has 1 aromatic carbocycles. The molecular formula is C22H29N9O4. The lowest BCUT2D eigenvalue weighted by Crippen LogP contribution is -2.34. The van der Waals surface area contributed by atoms with E-state index in [1.807, 2.05) is 7.05 Å². The van der Waals surface area contributed by atoms with Crippen molar-refractivity contribution in [2.24, 2.45) is 5.10 Å². The Labute approximate surface area is 202 Å². The van der Waals surface area contributed by atoms with Gasteiger partial charge in [0.2, 0.25) is 11.6 Å². The van der Waals surface area contributed by atoms with Gasteiger partial charge in [-0.2, -0.15) is 9.78 Å². The number of nitrogens with two attached hydrogens (primary N) is 1. The Bertz CT molecular complexity index is 1180. The molecule has 1 saturated carbocycles. The summed E-state index contributed by atoms with van der Waals surface area (Å²) in [5, 5.41) is 19.7. The van der Waals surface area contributed by atoms with Crippen molar-refractivity contribution in [1.82, 2.24) is 35.6 Å². The van der Waals surface area contributed by atoms with Crippen molar-refractivity contribution in [1.29, 1.82) is 0 Å². The van der Waals surface area contributed by atoms with Crippen LogP contribution in [0.25, 0.3) is 5.82 Å². The minimum atomic E-state index is -0.531. The van der Waals surface area contributed by atoms with Gasteiger partial charge in [0, 0.05) is 18.2 Å². The zero-order valence-electron chi connectivity index (χ0n) is 20.0. The molecule has 0 bridgehead atoms. The molecule has 2 heterocycles. The largest absolute Gasteiger partial charge is 0.493 e. The van der Waals surface area contributed by atoms with Gasteiger partial charge in [-0.25, -0.2) is 10.1 Å². The third-order valence-corrected chi connectivity index (χ3v) is 6.07. The predicted octanol–water partition coefficient (Wildman–Crippen LogP) is 1.78. The molecule has 2 aromatic heterocycles. The third kappa shape index (κ3) is 5.24. The van der Waals surface area contributed by atoms with Gasteiger partial charge in [0.05, 0.1) is 26.1 Å². The van der Waals surface area contributed by atoms with Gasteiger partial charge in [0.1, 0.15) is 0 Å². The van der Waals surface area contributed by atoms with Crippen LogP contribution in [0.5, 0.6) is 11.5 Å². The molecule has 3 aromatic rings. The number of hydrazone groups is 1. The molecule has 1 aliphatic carbocycles. The summed E-state index contributed by atoms with van der Waals surface area (Å²) in [5.74, 6) is 0.747. The van der Waals surface area contributed by atoms with E-state index >= 15 is 0 Å². The fraction of sp³-hybridized carbons (Fsp3) is 0.455. The molecule has 0 spiro atoms. The number of hydrogen-bond donors (Lipinski definition) is 2. The number of nitrogens with zero attached hydrogens (tertiary/aromatic N) is 7. The summed E-state index contributed by atoms with van der Waals surface area (Å²) in [7, 11) is 5.10. The Hall–Kier alpha value is -4.00. The van der Waals surface area contributed by atoms with E-state index in [1.54, 1.807) is 25.3 Å².